The first-order valence-electron chi connectivity index (χ1n) is 6.88. The molecule has 0 bridgehead atoms. The van der Waals surface area contributed by atoms with Crippen LogP contribution in [0.1, 0.15) is 18.9 Å². The van der Waals surface area contributed by atoms with Crippen molar-refractivity contribution >= 4 is 11.8 Å². The van der Waals surface area contributed by atoms with Gasteiger partial charge in [-0.3, -0.25) is 9.78 Å². The van der Waals surface area contributed by atoms with E-state index in [1.54, 1.807) is 24.7 Å². The quantitative estimate of drug-likeness (QED) is 0.650. The van der Waals surface area contributed by atoms with Crippen molar-refractivity contribution in [1.29, 1.82) is 5.26 Å². The SMILES string of the molecule is CC(=O)OCCCNc1ncc(-c2ccncc2)cc1C#N. The van der Waals surface area contributed by atoms with Crippen molar-refractivity contribution in [2.45, 2.75) is 13.3 Å². The van der Waals surface area contributed by atoms with Gasteiger partial charge in [0.25, 0.3) is 0 Å². The monoisotopic (exact) mass is 296 g/mol. The molecular formula is C16H16N4O2. The van der Waals surface area contributed by atoms with Crippen molar-refractivity contribution in [2.24, 2.45) is 0 Å². The molecule has 0 radical (unpaired) electrons. The van der Waals surface area contributed by atoms with Crippen LogP contribution in [0.15, 0.2) is 36.8 Å². The molecule has 0 aliphatic heterocycles. The van der Waals surface area contributed by atoms with Crippen LogP contribution < -0.4 is 5.32 Å². The summed E-state index contributed by atoms with van der Waals surface area (Å²) in [5.41, 5.74) is 2.30. The second kappa shape index (κ2) is 7.74. The van der Waals surface area contributed by atoms with Gasteiger partial charge in [-0.05, 0) is 30.2 Å². The number of hydrogen-bond acceptors (Lipinski definition) is 6. The number of anilines is 1. The van der Waals surface area contributed by atoms with E-state index in [0.29, 0.717) is 31.0 Å². The van der Waals surface area contributed by atoms with Gasteiger partial charge in [0.2, 0.25) is 0 Å². The molecule has 0 saturated carbocycles. The van der Waals surface area contributed by atoms with E-state index in [0.717, 1.165) is 11.1 Å². The van der Waals surface area contributed by atoms with Crippen molar-refractivity contribution in [2.75, 3.05) is 18.5 Å². The van der Waals surface area contributed by atoms with Gasteiger partial charge >= 0.3 is 5.97 Å². The molecule has 0 saturated heterocycles. The Morgan fingerprint density at radius 1 is 1.36 bits per heavy atom. The summed E-state index contributed by atoms with van der Waals surface area (Å²) in [4.78, 5) is 18.9. The van der Waals surface area contributed by atoms with Gasteiger partial charge in [-0.2, -0.15) is 5.26 Å². The highest BCUT2D eigenvalue weighted by molar-refractivity contribution is 5.67. The normalized spacial score (nSPS) is 9.82. The Kier molecular flexibility index (Phi) is 5.44. The molecule has 0 aliphatic rings. The van der Waals surface area contributed by atoms with Crippen molar-refractivity contribution in [3.8, 4) is 17.2 Å². The summed E-state index contributed by atoms with van der Waals surface area (Å²) < 4.78 is 4.84. The molecular weight excluding hydrogens is 280 g/mol. The lowest BCUT2D eigenvalue weighted by molar-refractivity contribution is -0.140. The molecule has 112 valence electrons. The number of carbonyl (C=O) groups excluding carboxylic acids is 1. The van der Waals surface area contributed by atoms with E-state index in [1.807, 2.05) is 12.1 Å². The standard InChI is InChI=1S/C16H16N4O2/c1-12(21)22-8-2-5-19-16-14(10-17)9-15(11-20-16)13-3-6-18-7-4-13/h3-4,6-7,9,11H,2,5,8H2,1H3,(H,19,20). The van der Waals surface area contributed by atoms with E-state index < -0.39 is 0 Å². The molecule has 6 nitrogen and oxygen atoms in total. The van der Waals surface area contributed by atoms with Gasteiger partial charge in [-0.1, -0.05) is 0 Å². The summed E-state index contributed by atoms with van der Waals surface area (Å²) in [5, 5.41) is 12.3. The minimum Gasteiger partial charge on any atom is -0.466 e. The third-order valence-corrected chi connectivity index (χ3v) is 2.94. The molecule has 1 N–H and O–H groups in total. The summed E-state index contributed by atoms with van der Waals surface area (Å²) in [6, 6.07) is 7.66. The second-order valence-corrected chi connectivity index (χ2v) is 4.59. The van der Waals surface area contributed by atoms with E-state index in [4.69, 9.17) is 4.74 Å². The molecule has 22 heavy (non-hydrogen) atoms. The van der Waals surface area contributed by atoms with Gasteiger partial charge in [0.1, 0.15) is 11.9 Å². The molecule has 2 aromatic rings. The van der Waals surface area contributed by atoms with E-state index in [9.17, 15) is 10.1 Å². The van der Waals surface area contributed by atoms with Crippen molar-refractivity contribution < 1.29 is 9.53 Å². The molecule has 2 aromatic heterocycles. The number of nitrogens with one attached hydrogen (secondary N) is 1. The average molecular weight is 296 g/mol. The average Bonchev–Trinajstić information content (AvgIpc) is 2.55. The summed E-state index contributed by atoms with van der Waals surface area (Å²) in [6.07, 6.45) is 5.76. The number of ether oxygens (including phenoxy) is 1. The minimum absolute atomic E-state index is 0.294. The molecule has 0 aromatic carbocycles. The lowest BCUT2D eigenvalue weighted by Crippen LogP contribution is -2.09. The fourth-order valence-electron chi connectivity index (χ4n) is 1.89. The summed E-state index contributed by atoms with van der Waals surface area (Å²) >= 11 is 0. The largest absolute Gasteiger partial charge is 0.466 e. The molecule has 2 heterocycles. The number of nitriles is 1. The third kappa shape index (κ3) is 4.28. The topological polar surface area (TPSA) is 87.9 Å². The van der Waals surface area contributed by atoms with Gasteiger partial charge in [-0.15, -0.1) is 0 Å². The van der Waals surface area contributed by atoms with E-state index >= 15 is 0 Å². The predicted molar refractivity (Wildman–Crippen MR) is 81.9 cm³/mol. The zero-order valence-electron chi connectivity index (χ0n) is 12.2. The van der Waals surface area contributed by atoms with Gasteiger partial charge in [-0.25, -0.2) is 4.98 Å². The lowest BCUT2D eigenvalue weighted by atomic mass is 10.1. The Morgan fingerprint density at radius 3 is 2.82 bits per heavy atom. The molecule has 0 atom stereocenters. The zero-order valence-corrected chi connectivity index (χ0v) is 12.2. The first-order valence-corrected chi connectivity index (χ1v) is 6.88. The Labute approximate surface area is 128 Å². The van der Waals surface area contributed by atoms with Crippen LogP contribution in [-0.2, 0) is 9.53 Å². The molecule has 0 unspecified atom stereocenters. The Bertz CT molecular complexity index is 680. The first-order chi connectivity index (χ1) is 10.7. The molecule has 2 rings (SSSR count). The first kappa shape index (κ1) is 15.4. The lowest BCUT2D eigenvalue weighted by Gasteiger charge is -2.09. The number of aromatic nitrogens is 2. The van der Waals surface area contributed by atoms with Crippen LogP contribution in [0.4, 0.5) is 5.82 Å². The van der Waals surface area contributed by atoms with Gasteiger partial charge in [0, 0.05) is 37.6 Å². The molecule has 0 amide bonds. The summed E-state index contributed by atoms with van der Waals surface area (Å²) in [5.74, 6) is 0.237. The Morgan fingerprint density at radius 2 is 2.14 bits per heavy atom. The third-order valence-electron chi connectivity index (χ3n) is 2.94. The maximum absolute atomic E-state index is 10.6. The predicted octanol–water partition coefficient (Wildman–Crippen LogP) is 2.38. The number of carbonyl (C=O) groups is 1. The van der Waals surface area contributed by atoms with Crippen molar-refractivity contribution in [3.63, 3.8) is 0 Å². The number of nitrogens with zero attached hydrogens (tertiary/aromatic N) is 3. The fraction of sp³-hybridized carbons (Fsp3) is 0.250. The molecule has 0 aliphatic carbocycles. The highest BCUT2D eigenvalue weighted by atomic mass is 16.5. The maximum atomic E-state index is 10.6. The van der Waals surface area contributed by atoms with Crippen LogP contribution in [0.2, 0.25) is 0 Å². The summed E-state index contributed by atoms with van der Waals surface area (Å²) in [7, 11) is 0. The molecule has 6 heteroatoms. The highest BCUT2D eigenvalue weighted by Gasteiger charge is 2.06. The van der Waals surface area contributed by atoms with Crippen LogP contribution in [-0.4, -0.2) is 29.1 Å². The van der Waals surface area contributed by atoms with Crippen LogP contribution in [0, 0.1) is 11.3 Å². The van der Waals surface area contributed by atoms with E-state index in [2.05, 4.69) is 21.4 Å². The molecule has 0 fully saturated rings. The van der Waals surface area contributed by atoms with Crippen LogP contribution in [0.3, 0.4) is 0 Å². The van der Waals surface area contributed by atoms with Crippen molar-refractivity contribution in [3.05, 3.63) is 42.4 Å². The highest BCUT2D eigenvalue weighted by Crippen LogP contribution is 2.22. The van der Waals surface area contributed by atoms with Crippen LogP contribution in [0.5, 0.6) is 0 Å². The van der Waals surface area contributed by atoms with Crippen LogP contribution in [0.25, 0.3) is 11.1 Å². The zero-order chi connectivity index (χ0) is 15.8. The van der Waals surface area contributed by atoms with Crippen molar-refractivity contribution in [1.82, 2.24) is 9.97 Å². The Balaban J connectivity index is 2.01. The number of hydrogen-bond donors (Lipinski definition) is 1. The minimum atomic E-state index is -0.294. The maximum Gasteiger partial charge on any atom is 0.302 e. The Hall–Kier alpha value is -2.94. The van der Waals surface area contributed by atoms with Crippen LogP contribution >= 0.6 is 0 Å². The second-order valence-electron chi connectivity index (χ2n) is 4.59. The van der Waals surface area contributed by atoms with E-state index in [1.165, 1.54) is 6.92 Å². The van der Waals surface area contributed by atoms with E-state index in [-0.39, 0.29) is 5.97 Å². The smallest absolute Gasteiger partial charge is 0.302 e. The summed E-state index contributed by atoms with van der Waals surface area (Å²) in [6.45, 7) is 2.30. The van der Waals surface area contributed by atoms with Gasteiger partial charge < -0.3 is 10.1 Å². The molecule has 0 spiro atoms. The fourth-order valence-corrected chi connectivity index (χ4v) is 1.89. The number of esters is 1. The number of rotatable bonds is 6. The van der Waals surface area contributed by atoms with Gasteiger partial charge in [0.15, 0.2) is 0 Å². The van der Waals surface area contributed by atoms with Gasteiger partial charge in [0.05, 0.1) is 12.2 Å². The number of pyridine rings is 2.